The van der Waals surface area contributed by atoms with Crippen LogP contribution in [0.25, 0.3) is 0 Å². The van der Waals surface area contributed by atoms with Gasteiger partial charge in [0.25, 0.3) is 0 Å². The lowest BCUT2D eigenvalue weighted by Gasteiger charge is -1.96. The molecule has 6 nitrogen and oxygen atoms in total. The van der Waals surface area contributed by atoms with Gasteiger partial charge in [0.1, 0.15) is 15.3 Å². The highest BCUT2D eigenvalue weighted by molar-refractivity contribution is 7.98. The van der Waals surface area contributed by atoms with Gasteiger partial charge < -0.3 is 0 Å². The molecule has 13 heteroatoms. The second-order valence-corrected chi connectivity index (χ2v) is 9.46. The first kappa shape index (κ1) is 32.5. The minimum Gasteiger partial charge on any atom is -0.228 e. The summed E-state index contributed by atoms with van der Waals surface area (Å²) in [5, 5.41) is 3.05. The molecule has 0 aliphatic rings. The van der Waals surface area contributed by atoms with E-state index in [9.17, 15) is 0 Å². The number of aryl methyl sites for hydroxylation is 3. The van der Waals surface area contributed by atoms with Crippen LogP contribution >= 0.6 is 82.6 Å². The van der Waals surface area contributed by atoms with E-state index < -0.39 is 0 Å². The van der Waals surface area contributed by atoms with Crippen molar-refractivity contribution in [3.8, 4) is 0 Å². The molecular formula is C20H26Cl4N6S3. The van der Waals surface area contributed by atoms with Crippen molar-refractivity contribution >= 4 is 82.6 Å². The Hall–Kier alpha value is -0.550. The molecule has 3 heterocycles. The highest BCUT2D eigenvalue weighted by Crippen LogP contribution is 2.14. The summed E-state index contributed by atoms with van der Waals surface area (Å²) in [4.78, 5) is 23.4. The van der Waals surface area contributed by atoms with Crippen LogP contribution in [0.4, 0.5) is 0 Å². The number of rotatable bonds is 3. The van der Waals surface area contributed by atoms with Crippen molar-refractivity contribution < 1.29 is 0 Å². The molecule has 0 saturated heterocycles. The van der Waals surface area contributed by atoms with Crippen LogP contribution < -0.4 is 0 Å². The minimum atomic E-state index is 0.194. The van der Waals surface area contributed by atoms with Crippen molar-refractivity contribution in [2.24, 2.45) is 0 Å². The van der Waals surface area contributed by atoms with Crippen LogP contribution in [0.15, 0.2) is 28.4 Å². The van der Waals surface area contributed by atoms with Crippen LogP contribution in [0, 0.1) is 20.8 Å². The number of aromatic nitrogens is 6. The van der Waals surface area contributed by atoms with E-state index in [4.69, 9.17) is 46.4 Å². The zero-order chi connectivity index (χ0) is 25.4. The Morgan fingerprint density at radius 2 is 1.15 bits per heavy atom. The molecule has 0 saturated carbocycles. The highest BCUT2D eigenvalue weighted by atomic mass is 35.5. The number of hydrogen-bond donors (Lipinski definition) is 1. The maximum atomic E-state index is 5.66. The SMILES string of the molecule is CCCS.CSc1cc(C)nc(Cl)n1.CSc1nc(C)cc(Cl)n1.Cc1cc(Cl)nc(Cl)n1. The monoisotopic (exact) mass is 586 g/mol. The van der Waals surface area contributed by atoms with Gasteiger partial charge in [-0.15, -0.1) is 11.8 Å². The predicted molar refractivity (Wildman–Crippen MR) is 148 cm³/mol. The first-order valence-corrected chi connectivity index (χ1v) is 14.0. The zero-order valence-corrected chi connectivity index (χ0v) is 24.7. The quantitative estimate of drug-likeness (QED) is 0.144. The summed E-state index contributed by atoms with van der Waals surface area (Å²) in [5.74, 6) is 1.01. The Morgan fingerprint density at radius 3 is 1.52 bits per heavy atom. The molecule has 0 N–H and O–H groups in total. The summed E-state index contributed by atoms with van der Waals surface area (Å²) in [7, 11) is 0. The Balaban J connectivity index is 0.000000431. The summed E-state index contributed by atoms with van der Waals surface area (Å²) in [5.41, 5.74) is 2.59. The van der Waals surface area contributed by atoms with E-state index in [2.05, 4.69) is 49.5 Å². The van der Waals surface area contributed by atoms with E-state index in [1.165, 1.54) is 18.2 Å². The van der Waals surface area contributed by atoms with Gasteiger partial charge in [-0.1, -0.05) is 41.9 Å². The molecule has 3 aromatic heterocycles. The molecular weight excluding hydrogens is 562 g/mol. The first-order valence-electron chi connectivity index (χ1n) is 9.42. The molecule has 3 aromatic rings. The van der Waals surface area contributed by atoms with E-state index in [1.54, 1.807) is 30.8 Å². The van der Waals surface area contributed by atoms with Crippen LogP contribution in [0.3, 0.4) is 0 Å². The molecule has 0 atom stereocenters. The molecule has 0 bridgehead atoms. The maximum Gasteiger partial charge on any atom is 0.223 e. The molecule has 0 aliphatic heterocycles. The number of nitrogens with zero attached hydrogens (tertiary/aromatic N) is 6. The van der Waals surface area contributed by atoms with Gasteiger partial charge in [-0.2, -0.15) is 12.6 Å². The first-order chi connectivity index (χ1) is 15.5. The number of halogens is 4. The van der Waals surface area contributed by atoms with E-state index in [-0.39, 0.29) is 5.28 Å². The van der Waals surface area contributed by atoms with Crippen molar-refractivity contribution in [1.82, 2.24) is 29.9 Å². The molecule has 0 amide bonds. The summed E-state index contributed by atoms with van der Waals surface area (Å²) in [6.07, 6.45) is 5.06. The molecule has 33 heavy (non-hydrogen) atoms. The van der Waals surface area contributed by atoms with Gasteiger partial charge in [-0.05, 0) is 86.9 Å². The Labute approximate surface area is 229 Å². The number of thioether (sulfide) groups is 2. The lowest BCUT2D eigenvalue weighted by molar-refractivity contribution is 0.935. The van der Waals surface area contributed by atoms with Crippen molar-refractivity contribution in [2.45, 2.75) is 44.3 Å². The summed E-state index contributed by atoms with van der Waals surface area (Å²) >= 11 is 29.2. The smallest absolute Gasteiger partial charge is 0.223 e. The second-order valence-electron chi connectivity index (χ2n) is 5.96. The molecule has 3 rings (SSSR count). The molecule has 0 radical (unpaired) electrons. The van der Waals surface area contributed by atoms with Crippen LogP contribution in [-0.2, 0) is 0 Å². The van der Waals surface area contributed by atoms with Gasteiger partial charge in [0.05, 0.1) is 0 Å². The summed E-state index contributed by atoms with van der Waals surface area (Å²) in [6, 6.07) is 5.28. The normalized spacial score (nSPS) is 9.55. The lowest BCUT2D eigenvalue weighted by Crippen LogP contribution is -1.88. The Bertz CT molecular complexity index is 838. The van der Waals surface area contributed by atoms with E-state index in [0.717, 1.165) is 33.0 Å². The number of hydrogen-bond acceptors (Lipinski definition) is 9. The standard InChI is InChI=1S/2C6H7ClN2S.C5H4Cl2N2.C3H8S/c1-4-3-5(10-2)9-6(7)8-4;1-4-3-5(7)9-6(8-4)10-2;1-3-2-4(6)9-5(7)8-3;1-2-3-4/h2*3H,1-2H3;2H,1H3;4H,2-3H2,1H3. The van der Waals surface area contributed by atoms with Crippen molar-refractivity contribution in [3.63, 3.8) is 0 Å². The van der Waals surface area contributed by atoms with E-state index in [1.807, 2.05) is 32.4 Å². The average Bonchev–Trinajstić information content (AvgIpc) is 2.72. The van der Waals surface area contributed by atoms with Gasteiger partial charge in [0.2, 0.25) is 10.6 Å². The molecule has 0 aliphatic carbocycles. The molecule has 0 fully saturated rings. The Morgan fingerprint density at radius 1 is 0.697 bits per heavy atom. The molecule has 182 valence electrons. The maximum absolute atomic E-state index is 5.66. The van der Waals surface area contributed by atoms with Crippen molar-refractivity contribution in [1.29, 1.82) is 0 Å². The number of thiol groups is 1. The fourth-order valence-electron chi connectivity index (χ4n) is 1.70. The highest BCUT2D eigenvalue weighted by Gasteiger charge is 1.97. The van der Waals surface area contributed by atoms with E-state index in [0.29, 0.717) is 15.6 Å². The molecule has 0 spiro atoms. The topological polar surface area (TPSA) is 77.3 Å². The lowest BCUT2D eigenvalue weighted by atomic mass is 10.5. The zero-order valence-electron chi connectivity index (χ0n) is 19.1. The van der Waals surface area contributed by atoms with Gasteiger partial charge in [0, 0.05) is 17.1 Å². The summed E-state index contributed by atoms with van der Waals surface area (Å²) in [6.45, 7) is 7.70. The minimum absolute atomic E-state index is 0.194. The van der Waals surface area contributed by atoms with Crippen LogP contribution in [0.5, 0.6) is 0 Å². The largest absolute Gasteiger partial charge is 0.228 e. The van der Waals surface area contributed by atoms with E-state index >= 15 is 0 Å². The van der Waals surface area contributed by atoms with Gasteiger partial charge in [-0.25, -0.2) is 29.9 Å². The third kappa shape index (κ3) is 16.7. The second kappa shape index (κ2) is 18.7. The molecule has 0 unspecified atom stereocenters. The predicted octanol–water partition coefficient (Wildman–Crippen LogP) is 7.74. The fourth-order valence-corrected chi connectivity index (χ4v) is 3.66. The third-order valence-electron chi connectivity index (χ3n) is 3.02. The fraction of sp³-hybridized carbons (Fsp3) is 0.400. The van der Waals surface area contributed by atoms with Crippen molar-refractivity contribution in [2.75, 3.05) is 18.3 Å². The van der Waals surface area contributed by atoms with Gasteiger partial charge >= 0.3 is 0 Å². The van der Waals surface area contributed by atoms with Crippen LogP contribution in [-0.4, -0.2) is 48.2 Å². The average molecular weight is 588 g/mol. The van der Waals surface area contributed by atoms with Crippen LogP contribution in [0.1, 0.15) is 30.4 Å². The van der Waals surface area contributed by atoms with Crippen LogP contribution in [0.2, 0.25) is 20.9 Å². The molecule has 0 aromatic carbocycles. The van der Waals surface area contributed by atoms with Crippen molar-refractivity contribution in [3.05, 3.63) is 56.2 Å². The summed E-state index contributed by atoms with van der Waals surface area (Å²) < 4.78 is 0. The third-order valence-corrected chi connectivity index (χ3v) is 5.36. The van der Waals surface area contributed by atoms with Gasteiger partial charge in [-0.3, -0.25) is 0 Å². The van der Waals surface area contributed by atoms with Gasteiger partial charge in [0.15, 0.2) is 5.16 Å². The Kier molecular flexibility index (Phi) is 18.4.